The van der Waals surface area contributed by atoms with E-state index < -0.39 is 5.97 Å². The standard InChI is InChI=1S/C19H23N3O4S/c1-4-26-18(25)17-13(2)20-19(27-17)21-15(23)11-8-12-16(24)22(3)14-9-6-5-7-10-14/h5-7,9-10H,4,8,11-12H2,1-3H3,(H,20,21,23). The molecule has 7 nitrogen and oxygen atoms in total. The first kappa shape index (κ1) is 20.6. The number of amides is 2. The van der Waals surface area contributed by atoms with E-state index in [1.165, 1.54) is 0 Å². The Kier molecular flexibility index (Phi) is 7.48. The van der Waals surface area contributed by atoms with Crippen molar-refractivity contribution < 1.29 is 19.1 Å². The van der Waals surface area contributed by atoms with Crippen molar-refractivity contribution in [3.05, 3.63) is 40.9 Å². The van der Waals surface area contributed by atoms with Crippen LogP contribution in [-0.2, 0) is 14.3 Å². The number of carbonyl (C=O) groups is 3. The first-order valence-electron chi connectivity index (χ1n) is 8.68. The highest BCUT2D eigenvalue weighted by Gasteiger charge is 2.18. The summed E-state index contributed by atoms with van der Waals surface area (Å²) >= 11 is 1.09. The van der Waals surface area contributed by atoms with E-state index in [1.807, 2.05) is 30.3 Å². The number of nitrogens with zero attached hydrogens (tertiary/aromatic N) is 2. The molecule has 0 spiro atoms. The van der Waals surface area contributed by atoms with Gasteiger partial charge < -0.3 is 15.0 Å². The van der Waals surface area contributed by atoms with Gasteiger partial charge >= 0.3 is 5.97 Å². The Morgan fingerprint density at radius 3 is 2.56 bits per heavy atom. The van der Waals surface area contributed by atoms with Gasteiger partial charge in [0.25, 0.3) is 0 Å². The van der Waals surface area contributed by atoms with Crippen LogP contribution >= 0.6 is 11.3 Å². The monoisotopic (exact) mass is 389 g/mol. The summed E-state index contributed by atoms with van der Waals surface area (Å²) in [4.78, 5) is 42.2. The minimum Gasteiger partial charge on any atom is -0.462 e. The van der Waals surface area contributed by atoms with Gasteiger partial charge in [0.2, 0.25) is 11.8 Å². The number of esters is 1. The van der Waals surface area contributed by atoms with Crippen LogP contribution in [0.25, 0.3) is 0 Å². The van der Waals surface area contributed by atoms with Crippen LogP contribution in [0, 0.1) is 6.92 Å². The molecule has 0 radical (unpaired) electrons. The summed E-state index contributed by atoms with van der Waals surface area (Å²) in [5, 5.41) is 3.03. The predicted molar refractivity (Wildman–Crippen MR) is 105 cm³/mol. The lowest BCUT2D eigenvalue weighted by molar-refractivity contribution is -0.118. The number of para-hydroxylation sites is 1. The van der Waals surface area contributed by atoms with Gasteiger partial charge in [0.1, 0.15) is 4.88 Å². The van der Waals surface area contributed by atoms with Gasteiger partial charge in [-0.15, -0.1) is 0 Å². The maximum atomic E-state index is 12.2. The fraction of sp³-hybridized carbons (Fsp3) is 0.368. The average Bonchev–Trinajstić information content (AvgIpc) is 3.02. The molecule has 144 valence electrons. The smallest absolute Gasteiger partial charge is 0.350 e. The van der Waals surface area contributed by atoms with Gasteiger partial charge in [0.05, 0.1) is 12.3 Å². The molecule has 0 aliphatic rings. The summed E-state index contributed by atoms with van der Waals surface area (Å²) in [7, 11) is 1.72. The SMILES string of the molecule is CCOC(=O)c1sc(NC(=O)CCCC(=O)N(C)c2ccccc2)nc1C. The van der Waals surface area contributed by atoms with Crippen LogP contribution in [0.5, 0.6) is 0 Å². The van der Waals surface area contributed by atoms with Crippen molar-refractivity contribution in [3.8, 4) is 0 Å². The lowest BCUT2D eigenvalue weighted by Gasteiger charge is -2.17. The van der Waals surface area contributed by atoms with Crippen molar-refractivity contribution >= 4 is 39.9 Å². The van der Waals surface area contributed by atoms with Crippen LogP contribution in [0.2, 0.25) is 0 Å². The van der Waals surface area contributed by atoms with E-state index in [1.54, 1.807) is 25.8 Å². The number of benzene rings is 1. The van der Waals surface area contributed by atoms with E-state index in [4.69, 9.17) is 4.74 Å². The molecule has 0 saturated carbocycles. The molecule has 8 heteroatoms. The van der Waals surface area contributed by atoms with E-state index in [0.717, 1.165) is 17.0 Å². The van der Waals surface area contributed by atoms with Gasteiger partial charge in [0.15, 0.2) is 5.13 Å². The number of nitrogens with one attached hydrogen (secondary N) is 1. The second-order valence-electron chi connectivity index (χ2n) is 5.84. The van der Waals surface area contributed by atoms with Gasteiger partial charge in [-0.1, -0.05) is 29.5 Å². The molecule has 1 N–H and O–H groups in total. The third-order valence-corrected chi connectivity index (χ3v) is 4.87. The van der Waals surface area contributed by atoms with Crippen LogP contribution in [-0.4, -0.2) is 36.4 Å². The fourth-order valence-electron chi connectivity index (χ4n) is 2.38. The molecule has 0 unspecified atom stereocenters. The molecule has 27 heavy (non-hydrogen) atoms. The number of aromatic nitrogens is 1. The molecule has 2 amide bonds. The molecule has 1 heterocycles. The second-order valence-corrected chi connectivity index (χ2v) is 6.84. The van der Waals surface area contributed by atoms with Crippen LogP contribution < -0.4 is 10.2 Å². The summed E-state index contributed by atoms with van der Waals surface area (Å²) in [5.74, 6) is -0.736. The molecule has 2 aromatic rings. The molecule has 0 fully saturated rings. The van der Waals surface area contributed by atoms with Gasteiger partial charge in [-0.2, -0.15) is 0 Å². The van der Waals surface area contributed by atoms with Gasteiger partial charge in [-0.25, -0.2) is 9.78 Å². The van der Waals surface area contributed by atoms with E-state index in [2.05, 4.69) is 10.3 Å². The van der Waals surface area contributed by atoms with Crippen molar-refractivity contribution in [1.29, 1.82) is 0 Å². The summed E-state index contributed by atoms with van der Waals surface area (Å²) in [6.45, 7) is 3.70. The fourth-order valence-corrected chi connectivity index (χ4v) is 3.26. The average molecular weight is 389 g/mol. The Labute approximate surface area is 162 Å². The van der Waals surface area contributed by atoms with Crippen LogP contribution in [0.15, 0.2) is 30.3 Å². The van der Waals surface area contributed by atoms with Crippen LogP contribution in [0.3, 0.4) is 0 Å². The number of carbonyl (C=O) groups excluding carboxylic acids is 3. The molecule has 0 saturated heterocycles. The summed E-state index contributed by atoms with van der Waals surface area (Å²) in [6, 6.07) is 9.34. The molecule has 1 aromatic carbocycles. The number of ether oxygens (including phenoxy) is 1. The molecule has 2 rings (SSSR count). The third-order valence-electron chi connectivity index (χ3n) is 3.82. The zero-order chi connectivity index (χ0) is 19.8. The Morgan fingerprint density at radius 2 is 1.89 bits per heavy atom. The second kappa shape index (κ2) is 9.82. The van der Waals surface area contributed by atoms with Crippen molar-refractivity contribution in [2.24, 2.45) is 0 Å². The highest BCUT2D eigenvalue weighted by molar-refractivity contribution is 7.17. The maximum Gasteiger partial charge on any atom is 0.350 e. The predicted octanol–water partition coefficient (Wildman–Crippen LogP) is 3.40. The quantitative estimate of drug-likeness (QED) is 0.699. The normalized spacial score (nSPS) is 10.3. The number of hydrogen-bond acceptors (Lipinski definition) is 6. The Balaban J connectivity index is 1.80. The van der Waals surface area contributed by atoms with Crippen LogP contribution in [0.1, 0.15) is 41.6 Å². The number of rotatable bonds is 8. The van der Waals surface area contributed by atoms with Crippen molar-refractivity contribution in [2.45, 2.75) is 33.1 Å². The molecule has 0 aliphatic heterocycles. The Hall–Kier alpha value is -2.74. The van der Waals surface area contributed by atoms with Gasteiger partial charge in [0, 0.05) is 25.6 Å². The van der Waals surface area contributed by atoms with E-state index in [9.17, 15) is 14.4 Å². The van der Waals surface area contributed by atoms with E-state index >= 15 is 0 Å². The zero-order valence-corrected chi connectivity index (χ0v) is 16.5. The molecule has 1 aromatic heterocycles. The van der Waals surface area contributed by atoms with Crippen molar-refractivity contribution in [3.63, 3.8) is 0 Å². The first-order chi connectivity index (χ1) is 12.9. The van der Waals surface area contributed by atoms with Crippen molar-refractivity contribution in [1.82, 2.24) is 4.98 Å². The lowest BCUT2D eigenvalue weighted by atomic mass is 10.2. The van der Waals surface area contributed by atoms with Gasteiger partial charge in [-0.05, 0) is 32.4 Å². The highest BCUT2D eigenvalue weighted by atomic mass is 32.1. The molecule has 0 aliphatic carbocycles. The minimum absolute atomic E-state index is 0.0521. The number of anilines is 2. The number of aryl methyl sites for hydroxylation is 1. The minimum atomic E-state index is -0.442. The summed E-state index contributed by atoms with van der Waals surface area (Å²) < 4.78 is 4.95. The lowest BCUT2D eigenvalue weighted by Crippen LogP contribution is -2.26. The Morgan fingerprint density at radius 1 is 1.19 bits per heavy atom. The van der Waals surface area contributed by atoms with Crippen LogP contribution in [0.4, 0.5) is 10.8 Å². The molecular formula is C19H23N3O4S. The maximum absolute atomic E-state index is 12.2. The Bertz CT molecular complexity index is 805. The van der Waals surface area contributed by atoms with E-state index in [0.29, 0.717) is 22.1 Å². The van der Waals surface area contributed by atoms with E-state index in [-0.39, 0.29) is 31.3 Å². The highest BCUT2D eigenvalue weighted by Crippen LogP contribution is 2.23. The number of hydrogen-bond donors (Lipinski definition) is 1. The first-order valence-corrected chi connectivity index (χ1v) is 9.50. The summed E-state index contributed by atoms with van der Waals surface area (Å²) in [6.07, 6.45) is 0.891. The topological polar surface area (TPSA) is 88.6 Å². The third kappa shape index (κ3) is 5.89. The molecule has 0 bridgehead atoms. The largest absolute Gasteiger partial charge is 0.462 e. The van der Waals surface area contributed by atoms with Crippen molar-refractivity contribution in [2.75, 3.05) is 23.9 Å². The number of thiazole rings is 1. The summed E-state index contributed by atoms with van der Waals surface area (Å²) in [5.41, 5.74) is 1.34. The zero-order valence-electron chi connectivity index (χ0n) is 15.7. The van der Waals surface area contributed by atoms with Gasteiger partial charge in [-0.3, -0.25) is 9.59 Å². The molecular weight excluding hydrogens is 366 g/mol. The molecule has 0 atom stereocenters.